The van der Waals surface area contributed by atoms with Gasteiger partial charge in [0, 0.05) is 24.2 Å². The highest BCUT2D eigenvalue weighted by atomic mass is 15.2. The molecular weight excluding hydrogens is 480 g/mol. The molecule has 0 amide bonds. The number of hydrogen-bond donors (Lipinski definition) is 3. The summed E-state index contributed by atoms with van der Waals surface area (Å²) >= 11 is 0. The van der Waals surface area contributed by atoms with Gasteiger partial charge in [0.15, 0.2) is 0 Å². The Labute approximate surface area is 232 Å². The molecule has 2 atom stereocenters. The number of H-pyrrole nitrogens is 1. The molecular formula is C33H38N6. The summed E-state index contributed by atoms with van der Waals surface area (Å²) in [5, 5.41) is 33.3. The van der Waals surface area contributed by atoms with Crippen molar-refractivity contribution in [1.29, 1.82) is 10.5 Å². The number of aromatic amines is 1. The Kier molecular flexibility index (Phi) is 10.4. The normalized spacial score (nSPS) is 12.3. The van der Waals surface area contributed by atoms with Crippen molar-refractivity contribution in [3.63, 3.8) is 0 Å². The maximum absolute atomic E-state index is 10.0. The van der Waals surface area contributed by atoms with E-state index in [1.807, 2.05) is 64.1 Å². The van der Waals surface area contributed by atoms with E-state index in [-0.39, 0.29) is 12.0 Å². The summed E-state index contributed by atoms with van der Waals surface area (Å²) in [4.78, 5) is 0. The SMILES string of the molecule is CC.Cc1ccc(CC(CNC(c2ccc(Nc3ccn[nH]3)cc2)C(C)(C)C#N)c2cccc(C#N)c2)cc1. The molecule has 6 nitrogen and oxygen atoms in total. The molecule has 0 fully saturated rings. The van der Waals surface area contributed by atoms with Crippen LogP contribution in [0.15, 0.2) is 85.1 Å². The highest BCUT2D eigenvalue weighted by Crippen LogP contribution is 2.34. The van der Waals surface area contributed by atoms with Gasteiger partial charge in [0.1, 0.15) is 5.82 Å². The molecule has 4 rings (SSSR count). The third-order valence-electron chi connectivity index (χ3n) is 6.69. The number of aryl methyl sites for hydroxylation is 1. The van der Waals surface area contributed by atoms with Crippen LogP contribution >= 0.6 is 0 Å². The molecule has 0 radical (unpaired) electrons. The predicted molar refractivity (Wildman–Crippen MR) is 159 cm³/mol. The molecule has 0 aliphatic carbocycles. The van der Waals surface area contributed by atoms with Gasteiger partial charge in [-0.3, -0.25) is 5.10 Å². The zero-order chi connectivity index (χ0) is 28.3. The Balaban J connectivity index is 0.00000205. The number of nitrogens with zero attached hydrogens (tertiary/aromatic N) is 3. The summed E-state index contributed by atoms with van der Waals surface area (Å²) in [6.07, 6.45) is 2.53. The molecule has 1 heterocycles. The van der Waals surface area contributed by atoms with Crippen molar-refractivity contribution in [2.24, 2.45) is 5.41 Å². The zero-order valence-corrected chi connectivity index (χ0v) is 23.5. The van der Waals surface area contributed by atoms with E-state index in [2.05, 4.69) is 82.4 Å². The summed E-state index contributed by atoms with van der Waals surface area (Å²) in [5.74, 6) is 0.952. The smallest absolute Gasteiger partial charge is 0.125 e. The lowest BCUT2D eigenvalue weighted by molar-refractivity contribution is 0.317. The van der Waals surface area contributed by atoms with Gasteiger partial charge in [0.2, 0.25) is 0 Å². The second-order valence-electron chi connectivity index (χ2n) is 10.0. The van der Waals surface area contributed by atoms with Gasteiger partial charge in [0.05, 0.1) is 35.4 Å². The zero-order valence-electron chi connectivity index (χ0n) is 23.5. The molecule has 0 bridgehead atoms. The Bertz CT molecular complexity index is 1370. The minimum absolute atomic E-state index is 0.134. The van der Waals surface area contributed by atoms with Crippen molar-refractivity contribution in [2.45, 2.75) is 53.0 Å². The van der Waals surface area contributed by atoms with Gasteiger partial charge < -0.3 is 10.6 Å². The van der Waals surface area contributed by atoms with Crippen LogP contribution in [-0.2, 0) is 6.42 Å². The Morgan fingerprint density at radius 1 is 0.923 bits per heavy atom. The minimum atomic E-state index is -0.638. The van der Waals surface area contributed by atoms with Gasteiger partial charge in [-0.1, -0.05) is 67.9 Å². The maximum Gasteiger partial charge on any atom is 0.125 e. The monoisotopic (exact) mass is 518 g/mol. The molecule has 0 aliphatic heterocycles. The molecule has 6 heteroatoms. The van der Waals surface area contributed by atoms with Crippen LogP contribution < -0.4 is 10.6 Å². The summed E-state index contributed by atoms with van der Waals surface area (Å²) < 4.78 is 0. The van der Waals surface area contributed by atoms with E-state index >= 15 is 0 Å². The van der Waals surface area contributed by atoms with Crippen LogP contribution in [0.3, 0.4) is 0 Å². The molecule has 3 N–H and O–H groups in total. The quantitative estimate of drug-likeness (QED) is 0.201. The fraction of sp³-hybridized carbons (Fsp3) is 0.303. The highest BCUT2D eigenvalue weighted by Gasteiger charge is 2.31. The average molecular weight is 519 g/mol. The molecule has 3 aromatic carbocycles. The van der Waals surface area contributed by atoms with E-state index < -0.39 is 5.41 Å². The van der Waals surface area contributed by atoms with Crippen molar-refractivity contribution in [2.75, 3.05) is 11.9 Å². The summed E-state index contributed by atoms with van der Waals surface area (Å²) in [6, 6.07) is 31.0. The van der Waals surface area contributed by atoms with Gasteiger partial charge in [-0.25, -0.2) is 0 Å². The molecule has 0 aliphatic rings. The van der Waals surface area contributed by atoms with Crippen LogP contribution in [0.25, 0.3) is 0 Å². The lowest BCUT2D eigenvalue weighted by atomic mass is 9.81. The first-order valence-electron chi connectivity index (χ1n) is 13.4. The number of nitrogens with one attached hydrogen (secondary N) is 3. The minimum Gasteiger partial charge on any atom is -0.341 e. The first kappa shape index (κ1) is 29.2. The molecule has 39 heavy (non-hydrogen) atoms. The van der Waals surface area contributed by atoms with E-state index in [1.165, 1.54) is 11.1 Å². The lowest BCUT2D eigenvalue weighted by Gasteiger charge is -2.32. The topological polar surface area (TPSA) is 100 Å². The number of anilines is 2. The van der Waals surface area contributed by atoms with Crippen molar-refractivity contribution in [1.82, 2.24) is 15.5 Å². The van der Waals surface area contributed by atoms with Crippen LogP contribution in [0.2, 0.25) is 0 Å². The van der Waals surface area contributed by atoms with E-state index in [4.69, 9.17) is 0 Å². The summed E-state index contributed by atoms with van der Waals surface area (Å²) in [6.45, 7) is 10.7. The van der Waals surface area contributed by atoms with E-state index in [9.17, 15) is 10.5 Å². The third kappa shape index (κ3) is 8.04. The molecule has 0 saturated heterocycles. The molecule has 2 unspecified atom stereocenters. The molecule has 0 saturated carbocycles. The Hall–Kier alpha value is -4.39. The molecule has 200 valence electrons. The van der Waals surface area contributed by atoms with Crippen LogP contribution in [0.5, 0.6) is 0 Å². The third-order valence-corrected chi connectivity index (χ3v) is 6.69. The maximum atomic E-state index is 10.0. The van der Waals surface area contributed by atoms with Crippen LogP contribution in [0.4, 0.5) is 11.5 Å². The number of nitriles is 2. The molecule has 0 spiro atoms. The van der Waals surface area contributed by atoms with Gasteiger partial charge in [-0.2, -0.15) is 15.6 Å². The average Bonchev–Trinajstić information content (AvgIpc) is 3.48. The van der Waals surface area contributed by atoms with Crippen LogP contribution in [0.1, 0.15) is 67.5 Å². The molecule has 4 aromatic rings. The first-order valence-corrected chi connectivity index (χ1v) is 13.4. The number of hydrogen-bond acceptors (Lipinski definition) is 5. The van der Waals surface area contributed by atoms with Crippen molar-refractivity contribution in [3.8, 4) is 12.1 Å². The fourth-order valence-electron chi connectivity index (χ4n) is 4.53. The fourth-order valence-corrected chi connectivity index (χ4v) is 4.53. The number of rotatable bonds is 10. The Morgan fingerprint density at radius 2 is 1.64 bits per heavy atom. The second-order valence-corrected chi connectivity index (χ2v) is 10.0. The lowest BCUT2D eigenvalue weighted by Crippen LogP contribution is -2.36. The summed E-state index contributed by atoms with van der Waals surface area (Å²) in [5.41, 5.74) is 5.58. The first-order chi connectivity index (χ1) is 18.9. The van der Waals surface area contributed by atoms with Crippen molar-refractivity contribution >= 4 is 11.5 Å². The standard InChI is InChI=1S/C31H32N6.C2H6/c1-22-7-9-23(10-8-22)17-27(26-6-4-5-24(18-26)19-32)20-34-30(31(2,3)21-33)25-11-13-28(14-12-25)36-29-15-16-35-37-29;1-2/h4-16,18,27,30,34H,17,20H2,1-3H3,(H2,35,36,37);1-2H3. The second kappa shape index (κ2) is 14.0. The Morgan fingerprint density at radius 3 is 2.26 bits per heavy atom. The van der Waals surface area contributed by atoms with Gasteiger partial charge >= 0.3 is 0 Å². The molecule has 1 aromatic heterocycles. The van der Waals surface area contributed by atoms with Gasteiger partial charge in [-0.15, -0.1) is 0 Å². The number of aromatic nitrogens is 2. The van der Waals surface area contributed by atoms with E-state index in [1.54, 1.807) is 6.20 Å². The van der Waals surface area contributed by atoms with Crippen LogP contribution in [0, 0.1) is 35.0 Å². The van der Waals surface area contributed by atoms with Crippen molar-refractivity contribution < 1.29 is 0 Å². The largest absolute Gasteiger partial charge is 0.341 e. The van der Waals surface area contributed by atoms with Crippen LogP contribution in [-0.4, -0.2) is 16.7 Å². The van der Waals surface area contributed by atoms with E-state index in [0.29, 0.717) is 12.1 Å². The van der Waals surface area contributed by atoms with Gasteiger partial charge in [-0.05, 0) is 68.1 Å². The van der Waals surface area contributed by atoms with Crippen molar-refractivity contribution in [3.05, 3.63) is 113 Å². The number of benzene rings is 3. The predicted octanol–water partition coefficient (Wildman–Crippen LogP) is 7.57. The summed E-state index contributed by atoms with van der Waals surface area (Å²) in [7, 11) is 0. The highest BCUT2D eigenvalue weighted by molar-refractivity contribution is 5.56. The van der Waals surface area contributed by atoms with E-state index in [0.717, 1.165) is 29.1 Å². The van der Waals surface area contributed by atoms with Gasteiger partial charge in [0.25, 0.3) is 0 Å².